The van der Waals surface area contributed by atoms with Crippen LogP contribution in [0.3, 0.4) is 0 Å². The van der Waals surface area contributed by atoms with E-state index in [2.05, 4.69) is 17.3 Å². The van der Waals surface area contributed by atoms with Gasteiger partial charge in [-0.1, -0.05) is 19.9 Å². The lowest BCUT2D eigenvalue weighted by molar-refractivity contribution is -0.149. The number of rotatable bonds is 6. The fourth-order valence-corrected chi connectivity index (χ4v) is 3.99. The lowest BCUT2D eigenvalue weighted by Gasteiger charge is -2.29. The van der Waals surface area contributed by atoms with E-state index in [9.17, 15) is 14.6 Å². The van der Waals surface area contributed by atoms with Crippen molar-refractivity contribution < 1.29 is 24.0 Å². The smallest absolute Gasteiger partial charge is 0.464 e. The molecule has 0 spiro atoms. The predicted octanol–water partition coefficient (Wildman–Crippen LogP) is 1.27. The highest BCUT2D eigenvalue weighted by atomic mass is 35.5. The number of amides is 1. The van der Waals surface area contributed by atoms with Gasteiger partial charge in [-0.15, -0.1) is 12.4 Å². The summed E-state index contributed by atoms with van der Waals surface area (Å²) in [5.74, 6) is -0.472. The molecule has 2 aliphatic rings. The third kappa shape index (κ3) is 5.55. The van der Waals surface area contributed by atoms with Gasteiger partial charge in [0.05, 0.1) is 13.2 Å². The van der Waals surface area contributed by atoms with E-state index in [0.29, 0.717) is 35.7 Å². The van der Waals surface area contributed by atoms with E-state index < -0.39 is 19.1 Å². The lowest BCUT2D eigenvalue weighted by Crippen LogP contribution is -2.46. The Morgan fingerprint density at radius 2 is 2.00 bits per heavy atom. The Balaban J connectivity index is 0.00000320. The number of hydrogen-bond donors (Lipinski definition) is 2. The van der Waals surface area contributed by atoms with Gasteiger partial charge < -0.3 is 24.6 Å². The summed E-state index contributed by atoms with van der Waals surface area (Å²) in [6, 6.07) is 2.78. The molecule has 30 heavy (non-hydrogen) atoms. The number of benzene rings is 1. The van der Waals surface area contributed by atoms with Crippen LogP contribution < -0.4 is 10.8 Å². The Morgan fingerprint density at radius 1 is 1.33 bits per heavy atom. The average molecular weight is 439 g/mol. The summed E-state index contributed by atoms with van der Waals surface area (Å²) >= 11 is 0. The minimum atomic E-state index is -1.02. The molecule has 9 heteroatoms. The van der Waals surface area contributed by atoms with Crippen molar-refractivity contribution in [3.63, 3.8) is 0 Å². The highest BCUT2D eigenvalue weighted by molar-refractivity contribution is 6.62. The number of piperidine rings is 1. The van der Waals surface area contributed by atoms with Crippen LogP contribution in [-0.2, 0) is 20.8 Å². The van der Waals surface area contributed by atoms with Crippen molar-refractivity contribution in [1.82, 2.24) is 10.2 Å². The Bertz CT molecular complexity index is 768. The number of carbonyl (C=O) groups is 2. The van der Waals surface area contributed by atoms with E-state index in [-0.39, 0.29) is 24.2 Å². The zero-order chi connectivity index (χ0) is 21.1. The van der Waals surface area contributed by atoms with Gasteiger partial charge in [-0.25, -0.2) is 4.79 Å². The van der Waals surface area contributed by atoms with Crippen LogP contribution in [0.25, 0.3) is 0 Å². The molecule has 1 fully saturated rings. The average Bonchev–Trinajstić information content (AvgIpc) is 3.07. The quantitative estimate of drug-likeness (QED) is 0.514. The van der Waals surface area contributed by atoms with E-state index >= 15 is 0 Å². The standard InChI is InChI=1S/C21H31BN2O5.ClH/c1-13(2)19(21(26)28-11-15-7-9-24(4)10-8-15)23-20(25)17-6-5-16-12-29-22(27)18(16)14(17)3;/h5-6,13,15,19,27H,7-12H2,1-4H3,(H,23,25);1H/t19-;/m0./s1. The number of fused-ring (bicyclic) bond motifs is 1. The second-order valence-electron chi connectivity index (χ2n) is 8.55. The van der Waals surface area contributed by atoms with Crippen LogP contribution in [0.1, 0.15) is 48.2 Å². The summed E-state index contributed by atoms with van der Waals surface area (Å²) in [6.07, 6.45) is 2.03. The summed E-state index contributed by atoms with van der Waals surface area (Å²) in [5, 5.41) is 12.8. The first-order valence-electron chi connectivity index (χ1n) is 10.4. The molecule has 0 bridgehead atoms. The molecule has 0 unspecified atom stereocenters. The summed E-state index contributed by atoms with van der Waals surface area (Å²) in [4.78, 5) is 27.8. The van der Waals surface area contributed by atoms with Crippen molar-refractivity contribution in [2.45, 2.75) is 46.3 Å². The lowest BCUT2D eigenvalue weighted by atomic mass is 9.75. The molecular weight excluding hydrogens is 407 g/mol. The minimum Gasteiger partial charge on any atom is -0.464 e. The number of esters is 1. The molecule has 1 amide bonds. The van der Waals surface area contributed by atoms with Gasteiger partial charge >= 0.3 is 13.1 Å². The molecular formula is C21H32BClN2O5. The van der Waals surface area contributed by atoms with Gasteiger partial charge in [-0.05, 0) is 74.4 Å². The van der Waals surface area contributed by atoms with Crippen molar-refractivity contribution in [2.24, 2.45) is 11.8 Å². The summed E-state index contributed by atoms with van der Waals surface area (Å²) in [5.41, 5.74) is 2.63. The number of nitrogens with zero attached hydrogens (tertiary/aromatic N) is 1. The topological polar surface area (TPSA) is 88.1 Å². The Labute approximate surface area is 185 Å². The van der Waals surface area contributed by atoms with Crippen LogP contribution in [0.5, 0.6) is 0 Å². The first-order chi connectivity index (χ1) is 13.8. The molecule has 0 aliphatic carbocycles. The maximum atomic E-state index is 12.9. The van der Waals surface area contributed by atoms with Crippen molar-refractivity contribution in [3.05, 3.63) is 28.8 Å². The highest BCUT2D eigenvalue weighted by Crippen LogP contribution is 2.19. The van der Waals surface area contributed by atoms with Crippen LogP contribution in [0.4, 0.5) is 0 Å². The largest absolute Gasteiger partial charge is 0.492 e. The van der Waals surface area contributed by atoms with Crippen LogP contribution in [0, 0.1) is 18.8 Å². The second kappa shape index (κ2) is 10.6. The zero-order valence-corrected chi connectivity index (χ0v) is 19.0. The van der Waals surface area contributed by atoms with Gasteiger partial charge in [0, 0.05) is 5.56 Å². The summed E-state index contributed by atoms with van der Waals surface area (Å²) in [7, 11) is 1.08. The molecule has 0 saturated carbocycles. The molecule has 2 N–H and O–H groups in total. The van der Waals surface area contributed by atoms with Crippen LogP contribution in [0.15, 0.2) is 12.1 Å². The number of carbonyl (C=O) groups excluding carboxylic acids is 2. The van der Waals surface area contributed by atoms with Gasteiger partial charge in [0.25, 0.3) is 5.91 Å². The van der Waals surface area contributed by atoms with E-state index in [4.69, 9.17) is 9.39 Å². The Kier molecular flexibility index (Phi) is 8.73. The molecule has 2 aliphatic heterocycles. The van der Waals surface area contributed by atoms with E-state index in [1.54, 1.807) is 19.1 Å². The molecule has 7 nitrogen and oxygen atoms in total. The first kappa shape index (κ1) is 24.7. The van der Waals surface area contributed by atoms with Crippen LogP contribution in [-0.4, -0.2) is 61.7 Å². The second-order valence-corrected chi connectivity index (χ2v) is 8.55. The van der Waals surface area contributed by atoms with E-state index in [1.807, 2.05) is 13.8 Å². The molecule has 1 saturated heterocycles. The maximum Gasteiger partial charge on any atom is 0.492 e. The zero-order valence-electron chi connectivity index (χ0n) is 18.1. The van der Waals surface area contributed by atoms with Gasteiger partial charge in [-0.2, -0.15) is 0 Å². The number of ether oxygens (including phenoxy) is 1. The third-order valence-electron chi connectivity index (χ3n) is 6.00. The molecule has 1 atom stereocenters. The predicted molar refractivity (Wildman–Crippen MR) is 118 cm³/mol. The molecule has 1 aromatic carbocycles. The van der Waals surface area contributed by atoms with Crippen molar-refractivity contribution in [2.75, 3.05) is 26.7 Å². The third-order valence-corrected chi connectivity index (χ3v) is 6.00. The van der Waals surface area contributed by atoms with Gasteiger partial charge in [-0.3, -0.25) is 4.79 Å². The van der Waals surface area contributed by atoms with Crippen molar-refractivity contribution >= 4 is 36.9 Å². The number of halogens is 1. The van der Waals surface area contributed by atoms with Crippen LogP contribution >= 0.6 is 12.4 Å². The Hall–Kier alpha value is -1.61. The van der Waals surface area contributed by atoms with Crippen molar-refractivity contribution in [3.8, 4) is 0 Å². The highest BCUT2D eigenvalue weighted by Gasteiger charge is 2.33. The van der Waals surface area contributed by atoms with Gasteiger partial charge in [0.15, 0.2) is 0 Å². The van der Waals surface area contributed by atoms with Gasteiger partial charge in [0.1, 0.15) is 6.04 Å². The fraction of sp³-hybridized carbons (Fsp3) is 0.619. The summed E-state index contributed by atoms with van der Waals surface area (Å²) < 4.78 is 10.8. The number of hydrogen-bond acceptors (Lipinski definition) is 6. The van der Waals surface area contributed by atoms with Crippen LogP contribution in [0.2, 0.25) is 0 Å². The molecule has 166 valence electrons. The minimum absolute atomic E-state index is 0. The number of nitrogens with one attached hydrogen (secondary N) is 1. The molecule has 2 heterocycles. The first-order valence-corrected chi connectivity index (χ1v) is 10.4. The summed E-state index contributed by atoms with van der Waals surface area (Å²) in [6.45, 7) is 8.31. The fourth-order valence-electron chi connectivity index (χ4n) is 3.99. The molecule has 3 rings (SSSR count). The molecule has 1 aromatic rings. The van der Waals surface area contributed by atoms with E-state index in [1.165, 1.54) is 0 Å². The maximum absolute atomic E-state index is 12.9. The van der Waals surface area contributed by atoms with Gasteiger partial charge in [0.2, 0.25) is 0 Å². The monoisotopic (exact) mass is 438 g/mol. The van der Waals surface area contributed by atoms with E-state index in [0.717, 1.165) is 31.5 Å². The molecule has 0 aromatic heterocycles. The Morgan fingerprint density at radius 3 is 2.63 bits per heavy atom. The normalized spacial score (nSPS) is 18.0. The number of likely N-dealkylation sites (tertiary alicyclic amines) is 1. The molecule has 0 radical (unpaired) electrons. The SMILES string of the molecule is Cc1c(C(=O)N[C@H](C(=O)OCC2CCN(C)CC2)C(C)C)ccc2c1B(O)OC2.Cl. The van der Waals surface area contributed by atoms with Crippen molar-refractivity contribution in [1.29, 1.82) is 0 Å².